The van der Waals surface area contributed by atoms with Crippen LogP contribution in [0.5, 0.6) is 0 Å². The van der Waals surface area contributed by atoms with Gasteiger partial charge in [-0.05, 0) is 33.6 Å². The van der Waals surface area contributed by atoms with Gasteiger partial charge in [0.25, 0.3) is 0 Å². The molecule has 0 bridgehead atoms. The second-order valence-corrected chi connectivity index (χ2v) is 7.64. The zero-order valence-corrected chi connectivity index (χ0v) is 14.1. The van der Waals surface area contributed by atoms with Crippen LogP contribution in [0.3, 0.4) is 0 Å². The summed E-state index contributed by atoms with van der Waals surface area (Å²) in [6.45, 7) is 8.71. The Bertz CT molecular complexity index is 403. The summed E-state index contributed by atoms with van der Waals surface area (Å²) in [5.41, 5.74) is -0.238. The number of amides is 3. The van der Waals surface area contributed by atoms with Crippen molar-refractivity contribution in [2.45, 2.75) is 64.0 Å². The maximum Gasteiger partial charge on any atom is 0.321 e. The first kappa shape index (κ1) is 17.2. The number of nitrogens with zero attached hydrogens (tertiary/aromatic N) is 1. The quantitative estimate of drug-likeness (QED) is 0.717. The molecule has 0 radical (unpaired) electrons. The topological polar surface area (TPSA) is 73.5 Å². The van der Waals surface area contributed by atoms with Crippen LogP contribution < -0.4 is 16.0 Å². The van der Waals surface area contributed by atoms with Gasteiger partial charge in [0.15, 0.2) is 0 Å². The predicted molar refractivity (Wildman–Crippen MR) is 86.7 cm³/mol. The van der Waals surface area contributed by atoms with Crippen molar-refractivity contribution < 1.29 is 9.59 Å². The highest BCUT2D eigenvalue weighted by molar-refractivity contribution is 5.95. The second kappa shape index (κ2) is 6.96. The molecule has 3 N–H and O–H groups in total. The largest absolute Gasteiger partial charge is 0.333 e. The standard InChI is InChI=1S/C16H30N4O2/c1-15(2,3)19-14(22)18-13(21)11-20-10-9-17-12-16(20)7-5-4-6-8-16/h17H,4-12H2,1-3H3,(H2,18,19,21,22). The zero-order valence-electron chi connectivity index (χ0n) is 14.1. The number of carbonyl (C=O) groups excluding carboxylic acids is 2. The highest BCUT2D eigenvalue weighted by Gasteiger charge is 2.40. The molecule has 0 aromatic carbocycles. The van der Waals surface area contributed by atoms with Gasteiger partial charge >= 0.3 is 6.03 Å². The van der Waals surface area contributed by atoms with E-state index in [1.807, 2.05) is 20.8 Å². The van der Waals surface area contributed by atoms with Crippen molar-refractivity contribution in [3.05, 3.63) is 0 Å². The van der Waals surface area contributed by atoms with Crippen molar-refractivity contribution in [2.75, 3.05) is 26.2 Å². The summed E-state index contributed by atoms with van der Waals surface area (Å²) in [6, 6.07) is -0.412. The van der Waals surface area contributed by atoms with Gasteiger partial charge in [-0.15, -0.1) is 0 Å². The molecule has 0 aromatic heterocycles. The Morgan fingerprint density at radius 1 is 1.18 bits per heavy atom. The molecule has 0 aromatic rings. The Kier molecular flexibility index (Phi) is 5.45. The molecule has 2 aliphatic rings. The lowest BCUT2D eigenvalue weighted by Crippen LogP contribution is -2.64. The molecular formula is C16H30N4O2. The third-order valence-corrected chi connectivity index (χ3v) is 4.54. The van der Waals surface area contributed by atoms with Crippen LogP contribution in [-0.2, 0) is 4.79 Å². The fourth-order valence-electron chi connectivity index (χ4n) is 3.55. The Morgan fingerprint density at radius 2 is 1.86 bits per heavy atom. The summed E-state index contributed by atoms with van der Waals surface area (Å²) in [7, 11) is 0. The lowest BCUT2D eigenvalue weighted by molar-refractivity contribution is -0.123. The minimum atomic E-state index is -0.412. The average molecular weight is 310 g/mol. The van der Waals surface area contributed by atoms with Crippen LogP contribution in [0, 0.1) is 0 Å². The van der Waals surface area contributed by atoms with Gasteiger partial charge < -0.3 is 10.6 Å². The maximum atomic E-state index is 12.2. The Hall–Kier alpha value is -1.14. The van der Waals surface area contributed by atoms with Gasteiger partial charge in [-0.3, -0.25) is 15.0 Å². The number of piperazine rings is 1. The predicted octanol–water partition coefficient (Wildman–Crippen LogP) is 1.22. The third kappa shape index (κ3) is 4.68. The molecule has 0 unspecified atom stereocenters. The first-order chi connectivity index (χ1) is 10.3. The normalized spacial score (nSPS) is 22.3. The Labute approximate surface area is 133 Å². The van der Waals surface area contributed by atoms with E-state index in [9.17, 15) is 9.59 Å². The summed E-state index contributed by atoms with van der Waals surface area (Å²) in [5, 5.41) is 8.68. The number of urea groups is 1. The smallest absolute Gasteiger partial charge is 0.321 e. The van der Waals surface area contributed by atoms with Crippen molar-refractivity contribution >= 4 is 11.9 Å². The van der Waals surface area contributed by atoms with E-state index < -0.39 is 6.03 Å². The van der Waals surface area contributed by atoms with Crippen molar-refractivity contribution in [2.24, 2.45) is 0 Å². The average Bonchev–Trinajstić information content (AvgIpc) is 2.40. The van der Waals surface area contributed by atoms with Crippen molar-refractivity contribution in [3.63, 3.8) is 0 Å². The molecule has 22 heavy (non-hydrogen) atoms. The van der Waals surface area contributed by atoms with E-state index in [1.54, 1.807) is 0 Å². The first-order valence-electron chi connectivity index (χ1n) is 8.39. The van der Waals surface area contributed by atoms with E-state index in [4.69, 9.17) is 0 Å². The number of hydrogen-bond acceptors (Lipinski definition) is 4. The fraction of sp³-hybridized carbons (Fsp3) is 0.875. The van der Waals surface area contributed by atoms with Crippen LogP contribution in [0.2, 0.25) is 0 Å². The Balaban J connectivity index is 1.90. The van der Waals surface area contributed by atoms with Gasteiger partial charge in [-0.1, -0.05) is 19.3 Å². The summed E-state index contributed by atoms with van der Waals surface area (Å²) < 4.78 is 0. The molecule has 1 heterocycles. The number of rotatable bonds is 2. The number of nitrogens with one attached hydrogen (secondary N) is 3. The summed E-state index contributed by atoms with van der Waals surface area (Å²) >= 11 is 0. The molecule has 2 fully saturated rings. The lowest BCUT2D eigenvalue weighted by atomic mass is 9.79. The number of hydrogen-bond donors (Lipinski definition) is 3. The number of carbonyl (C=O) groups is 2. The van der Waals surface area contributed by atoms with E-state index in [-0.39, 0.29) is 17.0 Å². The number of imide groups is 1. The molecule has 6 nitrogen and oxygen atoms in total. The molecule has 1 saturated heterocycles. The zero-order chi connectivity index (χ0) is 16.2. The van der Waals surface area contributed by atoms with Gasteiger partial charge in [-0.25, -0.2) is 4.79 Å². The van der Waals surface area contributed by atoms with Crippen molar-refractivity contribution in [1.29, 1.82) is 0 Å². The third-order valence-electron chi connectivity index (χ3n) is 4.54. The summed E-state index contributed by atoms with van der Waals surface area (Å²) in [5.74, 6) is -0.214. The Morgan fingerprint density at radius 3 is 2.50 bits per heavy atom. The highest BCUT2D eigenvalue weighted by atomic mass is 16.2. The molecule has 3 amide bonds. The molecule has 1 saturated carbocycles. The molecule has 1 spiro atoms. The first-order valence-corrected chi connectivity index (χ1v) is 8.39. The highest BCUT2D eigenvalue weighted by Crippen LogP contribution is 2.34. The van der Waals surface area contributed by atoms with Crippen LogP contribution in [0.25, 0.3) is 0 Å². The summed E-state index contributed by atoms with van der Waals surface area (Å²) in [6.07, 6.45) is 6.02. The minimum Gasteiger partial charge on any atom is -0.333 e. The van der Waals surface area contributed by atoms with Gasteiger partial charge in [0.05, 0.1) is 6.54 Å². The van der Waals surface area contributed by atoms with Gasteiger partial charge in [0, 0.05) is 30.7 Å². The summed E-state index contributed by atoms with van der Waals surface area (Å²) in [4.78, 5) is 26.3. The van der Waals surface area contributed by atoms with E-state index >= 15 is 0 Å². The van der Waals surface area contributed by atoms with E-state index in [0.29, 0.717) is 6.54 Å². The van der Waals surface area contributed by atoms with E-state index in [0.717, 1.165) is 32.5 Å². The molecule has 126 valence electrons. The van der Waals surface area contributed by atoms with Crippen LogP contribution in [0.1, 0.15) is 52.9 Å². The molecule has 0 atom stereocenters. The van der Waals surface area contributed by atoms with Crippen LogP contribution in [0.15, 0.2) is 0 Å². The molecule has 2 rings (SSSR count). The van der Waals surface area contributed by atoms with Gasteiger partial charge in [-0.2, -0.15) is 0 Å². The van der Waals surface area contributed by atoms with Crippen molar-refractivity contribution in [3.8, 4) is 0 Å². The monoisotopic (exact) mass is 310 g/mol. The van der Waals surface area contributed by atoms with Crippen LogP contribution in [-0.4, -0.2) is 54.1 Å². The van der Waals surface area contributed by atoms with Crippen LogP contribution >= 0.6 is 0 Å². The van der Waals surface area contributed by atoms with Gasteiger partial charge in [0.2, 0.25) is 5.91 Å². The van der Waals surface area contributed by atoms with Gasteiger partial charge in [0.1, 0.15) is 0 Å². The lowest BCUT2D eigenvalue weighted by Gasteiger charge is -2.49. The minimum absolute atomic E-state index is 0.105. The molecule has 6 heteroatoms. The van der Waals surface area contributed by atoms with E-state index in [2.05, 4.69) is 20.9 Å². The molecule has 1 aliphatic heterocycles. The molecule has 1 aliphatic carbocycles. The molecular weight excluding hydrogens is 280 g/mol. The second-order valence-electron chi connectivity index (χ2n) is 7.64. The van der Waals surface area contributed by atoms with Crippen LogP contribution in [0.4, 0.5) is 4.79 Å². The maximum absolute atomic E-state index is 12.2. The fourth-order valence-corrected chi connectivity index (χ4v) is 3.55. The van der Waals surface area contributed by atoms with Crippen molar-refractivity contribution in [1.82, 2.24) is 20.9 Å². The SMILES string of the molecule is CC(C)(C)NC(=O)NC(=O)CN1CCNCC12CCCCC2. The van der Waals surface area contributed by atoms with E-state index in [1.165, 1.54) is 19.3 Å².